The molecule has 5 heteroatoms. The number of carbonyl (C=O) groups is 1. The van der Waals surface area contributed by atoms with Gasteiger partial charge in [0, 0.05) is 19.1 Å². The van der Waals surface area contributed by atoms with Gasteiger partial charge in [-0.05, 0) is 37.0 Å². The highest BCUT2D eigenvalue weighted by molar-refractivity contribution is 5.93. The second-order valence-electron chi connectivity index (χ2n) is 6.92. The van der Waals surface area contributed by atoms with E-state index in [1.54, 1.807) is 6.07 Å². The Hall–Kier alpha value is -2.43. The summed E-state index contributed by atoms with van der Waals surface area (Å²) in [5.41, 5.74) is 1.65. The van der Waals surface area contributed by atoms with Crippen molar-refractivity contribution in [2.24, 2.45) is 5.92 Å². The van der Waals surface area contributed by atoms with Crippen LogP contribution in [0.15, 0.2) is 47.3 Å². The molecule has 25 heavy (non-hydrogen) atoms. The molecule has 0 radical (unpaired) electrons. The molecule has 0 bridgehead atoms. The lowest BCUT2D eigenvalue weighted by atomic mass is 10.0. The van der Waals surface area contributed by atoms with E-state index < -0.39 is 0 Å². The van der Waals surface area contributed by atoms with Crippen LogP contribution in [-0.2, 0) is 0 Å². The topological polar surface area (TPSA) is 54.7 Å². The van der Waals surface area contributed by atoms with E-state index in [9.17, 15) is 4.79 Å². The van der Waals surface area contributed by atoms with Crippen molar-refractivity contribution in [3.05, 3.63) is 48.4 Å². The van der Waals surface area contributed by atoms with Crippen LogP contribution in [0.2, 0.25) is 0 Å². The van der Waals surface area contributed by atoms with Crippen molar-refractivity contribution in [3.63, 3.8) is 0 Å². The minimum Gasteiger partial charge on any atom is -0.491 e. The Labute approximate surface area is 149 Å². The average molecular weight is 342 g/mol. The summed E-state index contributed by atoms with van der Waals surface area (Å²) >= 11 is 0. The van der Waals surface area contributed by atoms with Crippen molar-refractivity contribution in [2.45, 2.75) is 32.7 Å². The highest BCUT2D eigenvalue weighted by Gasteiger charge is 2.24. The van der Waals surface area contributed by atoms with Crippen molar-refractivity contribution in [1.29, 1.82) is 0 Å². The van der Waals surface area contributed by atoms with Crippen molar-refractivity contribution >= 4 is 11.6 Å². The zero-order valence-corrected chi connectivity index (χ0v) is 14.9. The quantitative estimate of drug-likeness (QED) is 0.861. The Bertz CT molecular complexity index is 674. The molecule has 0 unspecified atom stereocenters. The Kier molecular flexibility index (Phi) is 5.64. The van der Waals surface area contributed by atoms with Gasteiger partial charge in [0.05, 0.1) is 24.1 Å². The molecule has 1 N–H and O–H groups in total. The Morgan fingerprint density at radius 1 is 1.28 bits per heavy atom. The molecule has 1 saturated heterocycles. The SMILES string of the molecule is CC(C)COc1ccccc1NC1CCN(C(=O)c2ccoc2)CC1. The van der Waals surface area contributed by atoms with Gasteiger partial charge in [0.2, 0.25) is 0 Å². The van der Waals surface area contributed by atoms with Gasteiger partial charge >= 0.3 is 0 Å². The number of likely N-dealkylation sites (tertiary alicyclic amines) is 1. The summed E-state index contributed by atoms with van der Waals surface area (Å²) in [6.07, 6.45) is 4.88. The van der Waals surface area contributed by atoms with E-state index in [1.807, 2.05) is 23.1 Å². The highest BCUT2D eigenvalue weighted by Crippen LogP contribution is 2.27. The first-order valence-corrected chi connectivity index (χ1v) is 8.93. The third-order valence-corrected chi connectivity index (χ3v) is 4.37. The van der Waals surface area contributed by atoms with Gasteiger partial charge in [-0.25, -0.2) is 0 Å². The number of benzene rings is 1. The lowest BCUT2D eigenvalue weighted by Crippen LogP contribution is -2.42. The first kappa shape index (κ1) is 17.4. The fraction of sp³-hybridized carbons (Fsp3) is 0.450. The molecule has 0 aliphatic carbocycles. The van der Waals surface area contributed by atoms with Crippen LogP contribution in [0.1, 0.15) is 37.0 Å². The fourth-order valence-electron chi connectivity index (χ4n) is 2.98. The van der Waals surface area contributed by atoms with E-state index >= 15 is 0 Å². The van der Waals surface area contributed by atoms with Crippen LogP contribution in [-0.4, -0.2) is 36.5 Å². The van der Waals surface area contributed by atoms with Gasteiger partial charge in [-0.2, -0.15) is 0 Å². The summed E-state index contributed by atoms with van der Waals surface area (Å²) in [5.74, 6) is 1.44. The summed E-state index contributed by atoms with van der Waals surface area (Å²) < 4.78 is 10.9. The standard InChI is InChI=1S/C20H26N2O3/c1-15(2)13-25-19-6-4-3-5-18(19)21-17-7-10-22(11-8-17)20(23)16-9-12-24-14-16/h3-6,9,12,14-15,17,21H,7-8,10-11,13H2,1-2H3. The number of anilines is 1. The highest BCUT2D eigenvalue weighted by atomic mass is 16.5. The molecule has 1 fully saturated rings. The molecule has 1 aliphatic rings. The molecule has 0 saturated carbocycles. The van der Waals surface area contributed by atoms with Crippen LogP contribution < -0.4 is 10.1 Å². The summed E-state index contributed by atoms with van der Waals surface area (Å²) in [4.78, 5) is 14.2. The first-order chi connectivity index (χ1) is 12.1. The minimum atomic E-state index is 0.0490. The number of furan rings is 1. The summed E-state index contributed by atoms with van der Waals surface area (Å²) in [7, 11) is 0. The van der Waals surface area contributed by atoms with E-state index in [0.717, 1.165) is 37.4 Å². The Balaban J connectivity index is 1.55. The monoisotopic (exact) mass is 342 g/mol. The predicted octanol–water partition coefficient (Wildman–Crippen LogP) is 4.03. The molecule has 1 aromatic heterocycles. The van der Waals surface area contributed by atoms with Crippen molar-refractivity contribution in [3.8, 4) is 5.75 Å². The molecule has 0 spiro atoms. The van der Waals surface area contributed by atoms with Gasteiger partial charge in [-0.1, -0.05) is 26.0 Å². The molecular formula is C20H26N2O3. The normalized spacial score (nSPS) is 15.4. The molecule has 3 rings (SSSR count). The maximum absolute atomic E-state index is 12.4. The number of hydrogen-bond acceptors (Lipinski definition) is 4. The van der Waals surface area contributed by atoms with Gasteiger partial charge in [0.25, 0.3) is 5.91 Å². The molecule has 1 amide bonds. The molecule has 134 valence electrons. The van der Waals surface area contributed by atoms with E-state index in [2.05, 4.69) is 25.2 Å². The van der Waals surface area contributed by atoms with Crippen LogP contribution in [0.5, 0.6) is 5.75 Å². The second-order valence-corrected chi connectivity index (χ2v) is 6.92. The average Bonchev–Trinajstić information content (AvgIpc) is 3.15. The van der Waals surface area contributed by atoms with Gasteiger partial charge in [0.15, 0.2) is 0 Å². The maximum atomic E-state index is 12.4. The molecular weight excluding hydrogens is 316 g/mol. The minimum absolute atomic E-state index is 0.0490. The lowest BCUT2D eigenvalue weighted by molar-refractivity contribution is 0.0717. The molecule has 1 aliphatic heterocycles. The number of piperidine rings is 1. The predicted molar refractivity (Wildman–Crippen MR) is 98.0 cm³/mol. The van der Waals surface area contributed by atoms with Crippen molar-refractivity contribution in [1.82, 2.24) is 4.90 Å². The zero-order chi connectivity index (χ0) is 17.6. The number of carbonyl (C=O) groups excluding carboxylic acids is 1. The third kappa shape index (κ3) is 4.56. The van der Waals surface area contributed by atoms with Crippen molar-refractivity contribution < 1.29 is 13.9 Å². The number of nitrogens with one attached hydrogen (secondary N) is 1. The van der Waals surface area contributed by atoms with Crippen molar-refractivity contribution in [2.75, 3.05) is 25.0 Å². The van der Waals surface area contributed by atoms with Crippen LogP contribution in [0.4, 0.5) is 5.69 Å². The van der Waals surface area contributed by atoms with Crippen LogP contribution in [0.25, 0.3) is 0 Å². The number of amides is 1. The van der Waals surface area contributed by atoms with E-state index in [0.29, 0.717) is 24.1 Å². The van der Waals surface area contributed by atoms with Gasteiger partial charge < -0.3 is 19.4 Å². The number of rotatable bonds is 6. The summed E-state index contributed by atoms with van der Waals surface area (Å²) in [6, 6.07) is 10.1. The number of ether oxygens (including phenoxy) is 1. The fourth-order valence-corrected chi connectivity index (χ4v) is 2.98. The third-order valence-electron chi connectivity index (χ3n) is 4.37. The lowest BCUT2D eigenvalue weighted by Gasteiger charge is -2.33. The second kappa shape index (κ2) is 8.10. The molecule has 0 atom stereocenters. The number of hydrogen-bond donors (Lipinski definition) is 1. The van der Waals surface area contributed by atoms with E-state index in [4.69, 9.17) is 9.15 Å². The number of para-hydroxylation sites is 2. The Morgan fingerprint density at radius 3 is 2.72 bits per heavy atom. The van der Waals surface area contributed by atoms with Gasteiger partial charge in [0.1, 0.15) is 12.0 Å². The summed E-state index contributed by atoms with van der Waals surface area (Å²) in [5, 5.41) is 3.59. The smallest absolute Gasteiger partial charge is 0.257 e. The zero-order valence-electron chi connectivity index (χ0n) is 14.9. The maximum Gasteiger partial charge on any atom is 0.257 e. The van der Waals surface area contributed by atoms with Gasteiger partial charge in [-0.15, -0.1) is 0 Å². The molecule has 2 heterocycles. The van der Waals surface area contributed by atoms with E-state index in [1.165, 1.54) is 12.5 Å². The van der Waals surface area contributed by atoms with Gasteiger partial charge in [-0.3, -0.25) is 4.79 Å². The van der Waals surface area contributed by atoms with Crippen LogP contribution in [0.3, 0.4) is 0 Å². The number of nitrogens with zero attached hydrogens (tertiary/aromatic N) is 1. The van der Waals surface area contributed by atoms with Crippen LogP contribution in [0, 0.1) is 5.92 Å². The molecule has 5 nitrogen and oxygen atoms in total. The molecule has 1 aromatic carbocycles. The molecule has 2 aromatic rings. The summed E-state index contributed by atoms with van der Waals surface area (Å²) in [6.45, 7) is 6.48. The first-order valence-electron chi connectivity index (χ1n) is 8.93. The van der Waals surface area contributed by atoms with E-state index in [-0.39, 0.29) is 5.91 Å². The van der Waals surface area contributed by atoms with Crippen LogP contribution >= 0.6 is 0 Å². The Morgan fingerprint density at radius 2 is 2.04 bits per heavy atom. The largest absolute Gasteiger partial charge is 0.491 e.